The molecule has 5 rings (SSSR count). The second-order valence-corrected chi connectivity index (χ2v) is 7.05. The molecule has 2 aromatic carbocycles. The van der Waals surface area contributed by atoms with E-state index in [1.54, 1.807) is 18.6 Å². The van der Waals surface area contributed by atoms with Crippen LogP contribution in [0.15, 0.2) is 73.2 Å². The number of anilines is 2. The Labute approximate surface area is 168 Å². The quantitative estimate of drug-likeness (QED) is 0.584. The third-order valence-electron chi connectivity index (χ3n) is 5.19. The minimum Gasteiger partial charge on any atom is -0.336 e. The summed E-state index contributed by atoms with van der Waals surface area (Å²) in [6.45, 7) is 1.65. The summed E-state index contributed by atoms with van der Waals surface area (Å²) < 4.78 is 0. The van der Waals surface area contributed by atoms with E-state index in [0.29, 0.717) is 17.2 Å². The van der Waals surface area contributed by atoms with Gasteiger partial charge < -0.3 is 10.2 Å². The lowest BCUT2D eigenvalue weighted by Gasteiger charge is -2.28. The Kier molecular flexibility index (Phi) is 4.37. The van der Waals surface area contributed by atoms with E-state index in [0.717, 1.165) is 30.4 Å². The lowest BCUT2D eigenvalue weighted by atomic mass is 10.0. The number of fused-ring (bicyclic) bond motifs is 2. The van der Waals surface area contributed by atoms with Gasteiger partial charge in [-0.2, -0.15) is 0 Å². The van der Waals surface area contributed by atoms with E-state index in [1.807, 2.05) is 30.3 Å². The van der Waals surface area contributed by atoms with Crippen LogP contribution < -0.4 is 10.2 Å². The van der Waals surface area contributed by atoms with Gasteiger partial charge in [-0.3, -0.25) is 9.78 Å². The molecular weight excluding hydrogens is 362 g/mol. The highest BCUT2D eigenvalue weighted by molar-refractivity contribution is 6.08. The van der Waals surface area contributed by atoms with Gasteiger partial charge >= 0.3 is 0 Å². The molecule has 0 fully saturated rings. The predicted molar refractivity (Wildman–Crippen MR) is 113 cm³/mol. The Morgan fingerprint density at radius 1 is 0.897 bits per heavy atom. The van der Waals surface area contributed by atoms with Crippen molar-refractivity contribution in [3.05, 3.63) is 89.9 Å². The molecule has 0 saturated carbocycles. The zero-order chi connectivity index (χ0) is 19.6. The molecule has 142 valence electrons. The first kappa shape index (κ1) is 17.3. The number of rotatable bonds is 3. The van der Waals surface area contributed by atoms with Crippen LogP contribution in [0, 0.1) is 0 Å². The average Bonchev–Trinajstić information content (AvgIpc) is 2.79. The van der Waals surface area contributed by atoms with Crippen LogP contribution in [0.2, 0.25) is 0 Å². The van der Waals surface area contributed by atoms with Crippen molar-refractivity contribution in [2.75, 3.05) is 16.8 Å². The summed E-state index contributed by atoms with van der Waals surface area (Å²) in [5.41, 5.74) is 4.52. The number of para-hydroxylation sites is 1. The molecule has 29 heavy (non-hydrogen) atoms. The molecule has 0 bridgehead atoms. The fourth-order valence-corrected chi connectivity index (χ4v) is 3.67. The number of aromatic nitrogens is 3. The summed E-state index contributed by atoms with van der Waals surface area (Å²) in [5, 5.41) is 3.89. The molecule has 0 radical (unpaired) electrons. The molecule has 6 nitrogen and oxygen atoms in total. The van der Waals surface area contributed by atoms with Crippen molar-refractivity contribution in [1.29, 1.82) is 0 Å². The van der Waals surface area contributed by atoms with Crippen molar-refractivity contribution >= 4 is 28.4 Å². The standard InChI is InChI=1S/C23H19N5O/c29-22(27-20-9-3-7-17-8-4-11-24-21(17)20)19-13-25-23(26-14-19)28-12-10-16-5-1-2-6-18(16)15-28/h1-9,11,13-14H,10,12,15H2,(H,27,29). The van der Waals surface area contributed by atoms with E-state index in [9.17, 15) is 4.79 Å². The maximum atomic E-state index is 12.7. The van der Waals surface area contributed by atoms with Crippen LogP contribution in [0.25, 0.3) is 10.9 Å². The van der Waals surface area contributed by atoms with Crippen molar-refractivity contribution < 1.29 is 4.79 Å². The van der Waals surface area contributed by atoms with Crippen molar-refractivity contribution in [2.24, 2.45) is 0 Å². The fraction of sp³-hybridized carbons (Fsp3) is 0.130. The molecular formula is C23H19N5O. The maximum absolute atomic E-state index is 12.7. The maximum Gasteiger partial charge on any atom is 0.258 e. The van der Waals surface area contributed by atoms with Gasteiger partial charge in [0.1, 0.15) is 0 Å². The predicted octanol–water partition coefficient (Wildman–Crippen LogP) is 3.84. The molecule has 1 N–H and O–H groups in total. The van der Waals surface area contributed by atoms with Crippen LogP contribution in [-0.2, 0) is 13.0 Å². The highest BCUT2D eigenvalue weighted by atomic mass is 16.1. The molecule has 4 aromatic rings. The molecule has 0 atom stereocenters. The van der Waals surface area contributed by atoms with Crippen molar-refractivity contribution in [1.82, 2.24) is 15.0 Å². The number of hydrogen-bond acceptors (Lipinski definition) is 5. The second-order valence-electron chi connectivity index (χ2n) is 7.05. The summed E-state index contributed by atoms with van der Waals surface area (Å²) in [7, 11) is 0. The number of nitrogens with one attached hydrogen (secondary N) is 1. The molecule has 1 aliphatic rings. The topological polar surface area (TPSA) is 71.0 Å². The Morgan fingerprint density at radius 3 is 2.55 bits per heavy atom. The van der Waals surface area contributed by atoms with E-state index in [2.05, 4.69) is 49.4 Å². The summed E-state index contributed by atoms with van der Waals surface area (Å²) in [4.78, 5) is 28.1. The van der Waals surface area contributed by atoms with Gasteiger partial charge in [0, 0.05) is 37.1 Å². The van der Waals surface area contributed by atoms with E-state index >= 15 is 0 Å². The largest absolute Gasteiger partial charge is 0.336 e. The molecule has 0 saturated heterocycles. The number of benzene rings is 2. The van der Waals surface area contributed by atoms with Gasteiger partial charge in [-0.15, -0.1) is 0 Å². The van der Waals surface area contributed by atoms with Gasteiger partial charge in [0.2, 0.25) is 5.95 Å². The second kappa shape index (κ2) is 7.31. The number of amides is 1. The van der Waals surface area contributed by atoms with Gasteiger partial charge in [-0.1, -0.05) is 42.5 Å². The third kappa shape index (κ3) is 3.40. The van der Waals surface area contributed by atoms with E-state index in [1.165, 1.54) is 11.1 Å². The van der Waals surface area contributed by atoms with Gasteiger partial charge in [-0.25, -0.2) is 9.97 Å². The van der Waals surface area contributed by atoms with Crippen LogP contribution in [0.4, 0.5) is 11.6 Å². The Bertz CT molecular complexity index is 1180. The molecule has 3 heterocycles. The lowest BCUT2D eigenvalue weighted by Crippen LogP contribution is -2.31. The number of carbonyl (C=O) groups excluding carboxylic acids is 1. The fourth-order valence-electron chi connectivity index (χ4n) is 3.67. The number of pyridine rings is 1. The van der Waals surface area contributed by atoms with Gasteiger partial charge in [-0.05, 0) is 29.7 Å². The average molecular weight is 381 g/mol. The highest BCUT2D eigenvalue weighted by Gasteiger charge is 2.18. The monoisotopic (exact) mass is 381 g/mol. The van der Waals surface area contributed by atoms with Crippen LogP contribution in [0.3, 0.4) is 0 Å². The smallest absolute Gasteiger partial charge is 0.258 e. The Hall–Kier alpha value is -3.80. The highest BCUT2D eigenvalue weighted by Crippen LogP contribution is 2.23. The van der Waals surface area contributed by atoms with Gasteiger partial charge in [0.05, 0.1) is 16.8 Å². The van der Waals surface area contributed by atoms with E-state index < -0.39 is 0 Å². The normalized spacial score (nSPS) is 13.2. The number of hydrogen-bond donors (Lipinski definition) is 1. The van der Waals surface area contributed by atoms with Crippen LogP contribution in [0.1, 0.15) is 21.5 Å². The number of nitrogens with zero attached hydrogens (tertiary/aromatic N) is 4. The number of carbonyl (C=O) groups is 1. The summed E-state index contributed by atoms with van der Waals surface area (Å²) in [5.74, 6) is 0.390. The summed E-state index contributed by atoms with van der Waals surface area (Å²) in [6.07, 6.45) is 5.84. The molecule has 1 amide bonds. The lowest BCUT2D eigenvalue weighted by molar-refractivity contribution is 0.102. The first-order chi connectivity index (χ1) is 14.3. The Balaban J connectivity index is 1.33. The summed E-state index contributed by atoms with van der Waals surface area (Å²) in [6, 6.07) is 18.0. The molecule has 0 spiro atoms. The van der Waals surface area contributed by atoms with Crippen molar-refractivity contribution in [3.63, 3.8) is 0 Å². The Morgan fingerprint density at radius 2 is 1.69 bits per heavy atom. The van der Waals surface area contributed by atoms with Crippen molar-refractivity contribution in [2.45, 2.75) is 13.0 Å². The SMILES string of the molecule is O=C(Nc1cccc2cccnc12)c1cnc(N2CCc3ccccc3C2)nc1. The third-order valence-corrected chi connectivity index (χ3v) is 5.19. The minimum absolute atomic E-state index is 0.251. The first-order valence-electron chi connectivity index (χ1n) is 9.57. The zero-order valence-electron chi connectivity index (χ0n) is 15.7. The van der Waals surface area contributed by atoms with Crippen molar-refractivity contribution in [3.8, 4) is 0 Å². The zero-order valence-corrected chi connectivity index (χ0v) is 15.7. The van der Waals surface area contributed by atoms with Crippen LogP contribution in [0.5, 0.6) is 0 Å². The molecule has 6 heteroatoms. The molecule has 2 aromatic heterocycles. The van der Waals surface area contributed by atoms with Crippen LogP contribution >= 0.6 is 0 Å². The van der Waals surface area contributed by atoms with E-state index in [4.69, 9.17) is 0 Å². The molecule has 0 aliphatic carbocycles. The van der Waals surface area contributed by atoms with Gasteiger partial charge in [0.15, 0.2) is 0 Å². The first-order valence-corrected chi connectivity index (χ1v) is 9.57. The van der Waals surface area contributed by atoms with Gasteiger partial charge in [0.25, 0.3) is 5.91 Å². The summed E-state index contributed by atoms with van der Waals surface area (Å²) >= 11 is 0. The van der Waals surface area contributed by atoms with Crippen LogP contribution in [-0.4, -0.2) is 27.4 Å². The van der Waals surface area contributed by atoms with E-state index in [-0.39, 0.29) is 5.91 Å². The molecule has 0 unspecified atom stereocenters. The molecule has 1 aliphatic heterocycles. The minimum atomic E-state index is -0.251.